The van der Waals surface area contributed by atoms with E-state index in [1.807, 2.05) is 0 Å². The summed E-state index contributed by atoms with van der Waals surface area (Å²) in [5.74, 6) is -31.0. The Hall–Kier alpha value is -9.64. The Morgan fingerprint density at radius 1 is 0.242 bits per heavy atom. The molecule has 40 heteroatoms. The minimum Gasteiger partial charge on any atom is -0.429 e. The summed E-state index contributed by atoms with van der Waals surface area (Å²) in [5.41, 5.74) is -5.20. The lowest BCUT2D eigenvalue weighted by Crippen LogP contribution is -2.42. The average Bonchev–Trinajstić information content (AvgIpc) is 0.776. The first kappa shape index (κ1) is 92.0. The third kappa shape index (κ3) is 22.1. The van der Waals surface area contributed by atoms with E-state index in [0.717, 1.165) is 56.4 Å². The molecule has 4 aliphatic carbocycles. The minimum absolute atomic E-state index is 0.0199. The molecule has 8 aromatic carbocycles. The van der Waals surface area contributed by atoms with Gasteiger partial charge in [0.2, 0.25) is 17.2 Å². The van der Waals surface area contributed by atoms with Crippen molar-refractivity contribution in [2.24, 2.45) is 41.4 Å². The number of alkyl halides is 15. The summed E-state index contributed by atoms with van der Waals surface area (Å²) in [5, 5.41) is 0. The van der Waals surface area contributed by atoms with E-state index in [0.29, 0.717) is 130 Å². The Kier molecular flexibility index (Phi) is 27.6. The van der Waals surface area contributed by atoms with Gasteiger partial charge < -0.3 is 56.8 Å². The minimum atomic E-state index is -5.50. The first-order chi connectivity index (χ1) is 58.3. The Bertz CT molecular complexity index is 4940. The summed E-state index contributed by atoms with van der Waals surface area (Å²) in [6, 6.07) is 13.0. The average molecular weight is 1800 g/mol. The van der Waals surface area contributed by atoms with Crippen LogP contribution >= 0.6 is 0 Å². The van der Waals surface area contributed by atoms with Crippen LogP contribution in [0.1, 0.15) is 135 Å². The van der Waals surface area contributed by atoms with Gasteiger partial charge in [-0.2, -0.15) is 26.3 Å². The molecule has 3 heterocycles. The smallest absolute Gasteiger partial charge is 0.429 e. The number of benzene rings is 8. The van der Waals surface area contributed by atoms with Gasteiger partial charge in [-0.1, -0.05) is 94.2 Å². The zero-order chi connectivity index (χ0) is 89.4. The predicted octanol–water partition coefficient (Wildman–Crippen LogP) is 25.3. The van der Waals surface area contributed by atoms with Gasteiger partial charge in [-0.05, 0) is 114 Å². The second-order valence-electron chi connectivity index (χ2n) is 30.5. The Labute approximate surface area is 685 Å². The monoisotopic (exact) mass is 1800 g/mol. The molecule has 7 aliphatic rings. The summed E-state index contributed by atoms with van der Waals surface area (Å²) in [6.07, 6.45) is -19.9. The van der Waals surface area contributed by atoms with E-state index in [-0.39, 0.29) is 82.7 Å². The number of ether oxygens (including phenoxy) is 12. The molecular formula is C84H68F28O12. The summed E-state index contributed by atoms with van der Waals surface area (Å²) in [6.45, 7) is 3.25. The lowest BCUT2D eigenvalue weighted by Gasteiger charge is -2.41. The van der Waals surface area contributed by atoms with E-state index in [4.69, 9.17) is 28.4 Å². The molecule has 0 atom stereocenters. The van der Waals surface area contributed by atoms with Crippen molar-refractivity contribution in [1.82, 2.24) is 0 Å². The molecule has 0 bridgehead atoms. The van der Waals surface area contributed by atoms with Crippen LogP contribution in [0.5, 0.6) is 34.5 Å². The SMILES string of the molecule is Fc1cc(C2OCC(C3CCC3)CO2)ccc1-c1cc(F)c(C(F)(F)Oc2cc(F)c(OC(F)(F)F)c(F)c2)c(F)c1.Fc1cc(OC(F)(F)c2c(F)cc(-c3ccc(C4OCC(C5CCC5)CO4)cc3)cc2F)cc(F)c1OC(F)(F)F.Fc1cc(OC(F)(F)c2c(F)cc(C3CCC(C4OCC(C5CCC5)CO4)CC3)cc2F)cc(F)c1OC(F)(F)F. The van der Waals surface area contributed by atoms with Crippen LogP contribution in [0, 0.1) is 117 Å². The molecule has 0 N–H and O–H groups in total. The standard InChI is InChI=1S/C28H20F10O4.C28H27F9O4.C28H21F9O4/c29-19-6-14(26-39-11-16(12-40-26)13-2-1-3-13)4-5-18(19)15-7-20(30)24(21(31)8-15)27(34,35)41-17-9-22(32)25(23(33)10-17)42-28(36,37)38;2*29-20-8-17(15-4-6-16(7-5-15)26-38-12-18(13-39-26)14-2-1-3-14)9-21(30)24(20)27(33,34)40-19-10-22(31)25(23(32)11-19)41-28(35,36)37/h4-10,13,16,26H,1-3,11-12H2;8-11,14-16,18,26H,1-7,12-13H2;4-11,14,18,26H,1-3,12-13H2. The van der Waals surface area contributed by atoms with E-state index in [2.05, 4.69) is 28.4 Å². The van der Waals surface area contributed by atoms with Crippen LogP contribution < -0.4 is 28.4 Å². The zero-order valence-electron chi connectivity index (χ0n) is 63.7. The molecule has 0 amide bonds. The van der Waals surface area contributed by atoms with Gasteiger partial charge >= 0.3 is 37.4 Å². The van der Waals surface area contributed by atoms with Gasteiger partial charge in [0.05, 0.1) is 39.6 Å². The fraction of sp³-hybridized carbons (Fsp3) is 0.429. The Morgan fingerprint density at radius 3 is 0.839 bits per heavy atom. The highest BCUT2D eigenvalue weighted by Crippen LogP contribution is 2.49. The zero-order valence-corrected chi connectivity index (χ0v) is 63.7. The van der Waals surface area contributed by atoms with Gasteiger partial charge in [0, 0.05) is 76.8 Å². The van der Waals surface area contributed by atoms with Gasteiger partial charge in [-0.25, -0.2) is 57.1 Å². The molecule has 672 valence electrons. The predicted molar refractivity (Wildman–Crippen MR) is 375 cm³/mol. The normalized spacial score (nSPS) is 21.9. The number of hydrogen-bond acceptors (Lipinski definition) is 12. The molecule has 3 aliphatic heterocycles. The summed E-state index contributed by atoms with van der Waals surface area (Å²) >= 11 is 0. The van der Waals surface area contributed by atoms with E-state index in [1.165, 1.54) is 43.9 Å². The maximum atomic E-state index is 15.0. The molecule has 12 nitrogen and oxygen atoms in total. The van der Waals surface area contributed by atoms with Gasteiger partial charge in [0.15, 0.2) is 53.8 Å². The molecule has 0 radical (unpaired) electrons. The summed E-state index contributed by atoms with van der Waals surface area (Å²) in [4.78, 5) is 0. The van der Waals surface area contributed by atoms with Crippen LogP contribution in [-0.2, 0) is 46.7 Å². The summed E-state index contributed by atoms with van der Waals surface area (Å²) in [7, 11) is 0. The molecule has 8 aromatic rings. The van der Waals surface area contributed by atoms with Gasteiger partial charge in [-0.15, -0.1) is 39.5 Å². The molecule has 0 aromatic heterocycles. The number of rotatable bonds is 21. The number of hydrogen-bond donors (Lipinski definition) is 0. The van der Waals surface area contributed by atoms with Crippen LogP contribution in [0.2, 0.25) is 0 Å². The van der Waals surface area contributed by atoms with Gasteiger partial charge in [0.25, 0.3) is 0 Å². The molecule has 124 heavy (non-hydrogen) atoms. The van der Waals surface area contributed by atoms with Crippen LogP contribution in [-0.4, -0.2) is 65.0 Å². The molecule has 0 unspecified atom stereocenters. The maximum Gasteiger partial charge on any atom is 0.573 e. The van der Waals surface area contributed by atoms with Crippen molar-refractivity contribution in [3.05, 3.63) is 224 Å². The van der Waals surface area contributed by atoms with E-state index in [1.54, 1.807) is 12.1 Å². The first-order valence-corrected chi connectivity index (χ1v) is 38.4. The van der Waals surface area contributed by atoms with Crippen molar-refractivity contribution in [2.75, 3.05) is 39.6 Å². The highest BCUT2D eigenvalue weighted by molar-refractivity contribution is 5.66. The summed E-state index contributed by atoms with van der Waals surface area (Å²) < 4.78 is 443. The fourth-order valence-corrected chi connectivity index (χ4v) is 15.4. The first-order valence-electron chi connectivity index (χ1n) is 38.4. The van der Waals surface area contributed by atoms with Crippen LogP contribution in [0.15, 0.2) is 115 Å². The topological polar surface area (TPSA) is 111 Å². The fourth-order valence-electron chi connectivity index (χ4n) is 15.4. The second-order valence-corrected chi connectivity index (χ2v) is 30.5. The lowest BCUT2D eigenvalue weighted by atomic mass is 9.75. The van der Waals surface area contributed by atoms with Crippen LogP contribution in [0.25, 0.3) is 22.3 Å². The third-order valence-electron chi connectivity index (χ3n) is 22.3. The maximum absolute atomic E-state index is 15.0. The molecule has 4 saturated carbocycles. The molecule has 3 saturated heterocycles. The largest absolute Gasteiger partial charge is 0.573 e. The van der Waals surface area contributed by atoms with E-state index in [9.17, 15) is 123 Å². The second kappa shape index (κ2) is 37.1. The van der Waals surface area contributed by atoms with Crippen molar-refractivity contribution >= 4 is 0 Å². The van der Waals surface area contributed by atoms with Crippen molar-refractivity contribution in [3.63, 3.8) is 0 Å². The van der Waals surface area contributed by atoms with Gasteiger partial charge in [0.1, 0.15) is 74.7 Å². The van der Waals surface area contributed by atoms with E-state index < -0.39 is 182 Å². The van der Waals surface area contributed by atoms with E-state index >= 15 is 0 Å². The quantitative estimate of drug-likeness (QED) is 0.0639. The van der Waals surface area contributed by atoms with Crippen LogP contribution in [0.3, 0.4) is 0 Å². The van der Waals surface area contributed by atoms with Gasteiger partial charge in [-0.3, -0.25) is 0 Å². The molecule has 7 fully saturated rings. The van der Waals surface area contributed by atoms with Crippen molar-refractivity contribution in [3.8, 4) is 56.8 Å². The van der Waals surface area contributed by atoms with Crippen molar-refractivity contribution in [1.29, 1.82) is 0 Å². The molecular weight excluding hydrogens is 1730 g/mol. The highest BCUT2D eigenvalue weighted by atomic mass is 19.4. The Balaban J connectivity index is 0.000000160. The molecule has 0 spiro atoms. The number of halogens is 28. The molecule has 15 rings (SSSR count). The highest BCUT2D eigenvalue weighted by Gasteiger charge is 2.48. The Morgan fingerprint density at radius 2 is 0.532 bits per heavy atom. The van der Waals surface area contributed by atoms with Crippen molar-refractivity contribution < 1.29 is 180 Å². The van der Waals surface area contributed by atoms with Crippen LogP contribution in [0.4, 0.5) is 123 Å². The van der Waals surface area contributed by atoms with Crippen molar-refractivity contribution in [2.45, 2.75) is 146 Å². The third-order valence-corrected chi connectivity index (χ3v) is 22.3. The lowest BCUT2D eigenvalue weighted by molar-refractivity contribution is -0.277.